The van der Waals surface area contributed by atoms with E-state index in [-0.39, 0.29) is 5.41 Å². The molecule has 2 aliphatic carbocycles. The first-order valence-electron chi connectivity index (χ1n) is 27.9. The summed E-state index contributed by atoms with van der Waals surface area (Å²) in [7, 11) is 0. The molecule has 0 spiro atoms. The lowest BCUT2D eigenvalue weighted by atomic mass is 9.66. The zero-order valence-corrected chi connectivity index (χ0v) is 48.8. The highest BCUT2D eigenvalue weighted by Crippen LogP contribution is 2.57. The largest absolute Gasteiger partial charge is 0.0991 e. The topological polar surface area (TPSA) is 0 Å². The van der Waals surface area contributed by atoms with Crippen molar-refractivity contribution in [2.45, 2.75) is 160 Å². The Bertz CT molecular complexity index is 2760. The van der Waals surface area contributed by atoms with E-state index >= 15 is 0 Å². The van der Waals surface area contributed by atoms with Gasteiger partial charge in [0.2, 0.25) is 0 Å². The lowest BCUT2D eigenvalue weighted by molar-refractivity contribution is 0.755. The zero-order valence-electron chi connectivity index (χ0n) is 48.8. The lowest BCUT2D eigenvalue weighted by Gasteiger charge is -2.35. The van der Waals surface area contributed by atoms with Crippen molar-refractivity contribution in [1.29, 1.82) is 0 Å². The van der Waals surface area contributed by atoms with Gasteiger partial charge in [-0.3, -0.25) is 0 Å². The summed E-state index contributed by atoms with van der Waals surface area (Å²) < 4.78 is 0. The number of aryl methyl sites for hydroxylation is 1. The standard InChI is InChI=1S/C29H30.C16H18.C15H20.C9H12.C3H8.C2H6/c1-5-12-23(13-6-2)29(24-14-8-7-9-15-24)27-17-11-10-16-25(27)26-19-18-22(21(3)4)20-28(26)29;1-12(2)14-8-10-16(11-9-14)15-6-4-13(3)5-7-15;1-5-6-9-12(2)14(4)15-11-8-7-10-13(15)3;1-8(2)9-6-4-3-5-7-9;1-3-2;1-2/h5,7-21H,6H2,1-4H3;4-12H,1-3H3;5-7,9-10H,1,8,11H2,2-4H3;3-8H,1-2H3;3H2,1-2H3;1-2H3/b12-5-,23-13+;;9-6-,14-12+;;;. The Morgan fingerprint density at radius 1 is 0.595 bits per heavy atom. The van der Waals surface area contributed by atoms with Gasteiger partial charge in [-0.2, -0.15) is 0 Å². The van der Waals surface area contributed by atoms with Crippen LogP contribution in [-0.4, -0.2) is 0 Å². The van der Waals surface area contributed by atoms with Crippen molar-refractivity contribution in [2.24, 2.45) is 0 Å². The second-order valence-electron chi connectivity index (χ2n) is 20.1. The minimum Gasteiger partial charge on any atom is -0.0991 e. The average Bonchev–Trinajstić information content (AvgIpc) is 3.72. The van der Waals surface area contributed by atoms with E-state index in [1.165, 1.54) is 108 Å². The Hall–Kier alpha value is -6.50. The molecule has 1 unspecified atom stereocenters. The number of allylic oxidation sites excluding steroid dienone is 13. The summed E-state index contributed by atoms with van der Waals surface area (Å²) in [4.78, 5) is 0. The Labute approximate surface area is 453 Å². The Balaban J connectivity index is 0.000000273. The van der Waals surface area contributed by atoms with Crippen LogP contribution in [0.25, 0.3) is 22.3 Å². The molecule has 2 aliphatic rings. The Kier molecular flexibility index (Phi) is 27.3. The molecule has 0 heteroatoms. The SMILES string of the molecule is C/C=C\C(=C/CC)C1(c2ccccc2)c2ccccc2-c2ccc(C(C)C)cc21.C=C/C=C\C(C)=C(/C)C1=C(C)C=CCC1.CC.CC(C)c1ccccc1.CCC.Cc1ccc(-c2ccc(C(C)C)cc2)cc1. The van der Waals surface area contributed by atoms with E-state index in [1.54, 1.807) is 0 Å². The van der Waals surface area contributed by atoms with E-state index in [0.29, 0.717) is 17.8 Å². The lowest BCUT2D eigenvalue weighted by Crippen LogP contribution is -2.29. The van der Waals surface area contributed by atoms with E-state index < -0.39 is 0 Å². The van der Waals surface area contributed by atoms with Crippen LogP contribution in [0.15, 0.2) is 235 Å². The molecule has 0 aliphatic heterocycles. The fourth-order valence-electron chi connectivity index (χ4n) is 9.37. The number of fused-ring (bicyclic) bond motifs is 3. The molecule has 74 heavy (non-hydrogen) atoms. The van der Waals surface area contributed by atoms with Crippen LogP contribution in [0.5, 0.6) is 0 Å². The molecule has 0 saturated heterocycles. The quantitative estimate of drug-likeness (QED) is 0.114. The van der Waals surface area contributed by atoms with Crippen LogP contribution in [0.4, 0.5) is 0 Å². The van der Waals surface area contributed by atoms with Crippen LogP contribution in [0.2, 0.25) is 0 Å². The van der Waals surface area contributed by atoms with Crippen molar-refractivity contribution in [3.05, 3.63) is 274 Å². The summed E-state index contributed by atoms with van der Waals surface area (Å²) in [6.45, 7) is 38.4. The van der Waals surface area contributed by atoms with Crippen molar-refractivity contribution >= 4 is 0 Å². The van der Waals surface area contributed by atoms with Crippen molar-refractivity contribution < 1.29 is 0 Å². The van der Waals surface area contributed by atoms with Crippen LogP contribution in [0.3, 0.4) is 0 Å². The third-order valence-corrected chi connectivity index (χ3v) is 13.5. The van der Waals surface area contributed by atoms with Gasteiger partial charge in [-0.25, -0.2) is 0 Å². The summed E-state index contributed by atoms with van der Waals surface area (Å²) >= 11 is 0. The number of hydrogen-bond acceptors (Lipinski definition) is 0. The van der Waals surface area contributed by atoms with Gasteiger partial charge in [-0.15, -0.1) is 0 Å². The third kappa shape index (κ3) is 17.0. The summed E-state index contributed by atoms with van der Waals surface area (Å²) in [5, 5.41) is 0. The predicted molar refractivity (Wildman–Crippen MR) is 333 cm³/mol. The monoisotopic (exact) mass is 983 g/mol. The van der Waals surface area contributed by atoms with Crippen molar-refractivity contribution in [2.75, 3.05) is 0 Å². The molecular formula is C74H94. The molecule has 0 aromatic heterocycles. The van der Waals surface area contributed by atoms with Crippen LogP contribution >= 0.6 is 0 Å². The maximum absolute atomic E-state index is 3.69. The van der Waals surface area contributed by atoms with Gasteiger partial charge in [0.25, 0.3) is 0 Å². The molecule has 8 rings (SSSR count). The molecule has 1 atom stereocenters. The van der Waals surface area contributed by atoms with Crippen LogP contribution in [-0.2, 0) is 5.41 Å². The van der Waals surface area contributed by atoms with E-state index in [0.717, 1.165) is 6.42 Å². The average molecular weight is 984 g/mol. The molecule has 0 bridgehead atoms. The maximum atomic E-state index is 3.69. The minimum absolute atomic E-state index is 0.277. The second kappa shape index (κ2) is 32.6. The molecular weight excluding hydrogens is 889 g/mol. The van der Waals surface area contributed by atoms with E-state index in [9.17, 15) is 0 Å². The van der Waals surface area contributed by atoms with Gasteiger partial charge in [0, 0.05) is 0 Å². The summed E-state index contributed by atoms with van der Waals surface area (Å²) in [5.74, 6) is 1.76. The fourth-order valence-corrected chi connectivity index (χ4v) is 9.37. The van der Waals surface area contributed by atoms with E-state index in [4.69, 9.17) is 0 Å². The summed E-state index contributed by atoms with van der Waals surface area (Å²) in [5.41, 5.74) is 21.7. The Morgan fingerprint density at radius 3 is 1.61 bits per heavy atom. The van der Waals surface area contributed by atoms with Gasteiger partial charge >= 0.3 is 0 Å². The maximum Gasteiger partial charge on any atom is 0.0710 e. The molecule has 0 radical (unpaired) electrons. The van der Waals surface area contributed by atoms with Gasteiger partial charge in [-0.05, 0) is 155 Å². The Morgan fingerprint density at radius 2 is 1.09 bits per heavy atom. The molecule has 6 aromatic carbocycles. The number of hydrogen-bond donors (Lipinski definition) is 0. The second-order valence-corrected chi connectivity index (χ2v) is 20.1. The highest BCUT2D eigenvalue weighted by molar-refractivity contribution is 5.87. The molecule has 0 N–H and O–H groups in total. The van der Waals surface area contributed by atoms with Crippen molar-refractivity contribution in [1.82, 2.24) is 0 Å². The minimum atomic E-state index is -0.277. The number of rotatable bonds is 11. The molecule has 0 saturated carbocycles. The predicted octanol–water partition coefficient (Wildman–Crippen LogP) is 22.8. The molecule has 0 fully saturated rings. The number of benzene rings is 6. The summed E-state index contributed by atoms with van der Waals surface area (Å²) in [6, 6.07) is 55.2. The first-order valence-corrected chi connectivity index (χ1v) is 27.9. The van der Waals surface area contributed by atoms with Gasteiger partial charge in [0.05, 0.1) is 5.41 Å². The van der Waals surface area contributed by atoms with Gasteiger partial charge in [-0.1, -0.05) is 295 Å². The zero-order chi connectivity index (χ0) is 54.6. The van der Waals surface area contributed by atoms with Crippen LogP contribution < -0.4 is 0 Å². The first-order chi connectivity index (χ1) is 35.7. The van der Waals surface area contributed by atoms with Gasteiger partial charge in [0.1, 0.15) is 0 Å². The highest BCUT2D eigenvalue weighted by atomic mass is 14.5. The molecule has 0 nitrogen and oxygen atoms in total. The highest BCUT2D eigenvalue weighted by Gasteiger charge is 2.46. The smallest absolute Gasteiger partial charge is 0.0710 e. The van der Waals surface area contributed by atoms with E-state index in [2.05, 4.69) is 286 Å². The summed E-state index contributed by atoms with van der Waals surface area (Å²) in [6.07, 6.45) is 21.9. The van der Waals surface area contributed by atoms with Gasteiger partial charge < -0.3 is 0 Å². The molecule has 0 heterocycles. The normalized spacial score (nSPS) is 14.8. The van der Waals surface area contributed by atoms with Crippen molar-refractivity contribution in [3.63, 3.8) is 0 Å². The van der Waals surface area contributed by atoms with Crippen LogP contribution in [0, 0.1) is 6.92 Å². The molecule has 0 amide bonds. The molecule has 390 valence electrons. The van der Waals surface area contributed by atoms with Crippen molar-refractivity contribution in [3.8, 4) is 22.3 Å². The third-order valence-electron chi connectivity index (χ3n) is 13.5. The van der Waals surface area contributed by atoms with Gasteiger partial charge in [0.15, 0.2) is 0 Å². The molecule has 6 aromatic rings. The fraction of sp³-hybridized carbons (Fsp3) is 0.324. The van der Waals surface area contributed by atoms with E-state index in [1.807, 2.05) is 32.1 Å². The van der Waals surface area contributed by atoms with Crippen LogP contribution in [0.1, 0.15) is 186 Å². The first kappa shape index (κ1) is 61.8.